The molecule has 0 radical (unpaired) electrons. The third-order valence-corrected chi connectivity index (χ3v) is 4.39. The number of hydrogen-bond donors (Lipinski definition) is 1. The number of carbonyl (C=O) groups is 2. The number of rotatable bonds is 11. The molecule has 170 valence electrons. The Hall–Kier alpha value is -4.33. The fraction of sp³-hybridized carbons (Fsp3) is 0.160. The van der Waals surface area contributed by atoms with E-state index in [1.807, 2.05) is 31.2 Å². The minimum absolute atomic E-state index is 0.316. The topological polar surface area (TPSA) is 109 Å². The maximum absolute atomic E-state index is 12.3. The zero-order valence-corrected chi connectivity index (χ0v) is 18.0. The Morgan fingerprint density at radius 2 is 1.58 bits per heavy atom. The highest BCUT2D eigenvalue weighted by Crippen LogP contribution is 2.19. The fourth-order valence-electron chi connectivity index (χ4n) is 2.80. The van der Waals surface area contributed by atoms with Gasteiger partial charge in [-0.25, -0.2) is 5.43 Å². The molecular weight excluding hydrogens is 424 g/mol. The molecular formula is C25H23N2O6-. The van der Waals surface area contributed by atoms with Gasteiger partial charge in [-0.15, -0.1) is 0 Å². The van der Waals surface area contributed by atoms with Crippen LogP contribution in [0.1, 0.15) is 28.4 Å². The molecule has 0 heterocycles. The van der Waals surface area contributed by atoms with Crippen LogP contribution in [0.4, 0.5) is 0 Å². The number of carbonyl (C=O) groups excluding carboxylic acids is 2. The highest BCUT2D eigenvalue weighted by molar-refractivity contribution is 5.95. The second kappa shape index (κ2) is 11.9. The molecule has 0 fully saturated rings. The van der Waals surface area contributed by atoms with Gasteiger partial charge in [-0.05, 0) is 61.0 Å². The molecule has 0 bridgehead atoms. The lowest BCUT2D eigenvalue weighted by molar-refractivity contribution is -0.307. The first-order chi connectivity index (χ1) is 16.0. The van der Waals surface area contributed by atoms with Crippen LogP contribution < -0.4 is 24.7 Å². The van der Waals surface area contributed by atoms with Crippen molar-refractivity contribution in [3.63, 3.8) is 0 Å². The molecule has 0 saturated carbocycles. The smallest absolute Gasteiger partial charge is 0.271 e. The largest absolute Gasteiger partial charge is 0.546 e. The van der Waals surface area contributed by atoms with Crippen molar-refractivity contribution in [2.45, 2.75) is 13.5 Å². The lowest BCUT2D eigenvalue weighted by Crippen LogP contribution is -2.29. The average molecular weight is 447 g/mol. The van der Waals surface area contributed by atoms with Gasteiger partial charge in [-0.2, -0.15) is 5.10 Å². The third-order valence-electron chi connectivity index (χ3n) is 4.39. The molecule has 0 atom stereocenters. The Labute approximate surface area is 191 Å². The normalized spacial score (nSPS) is 10.6. The van der Waals surface area contributed by atoms with Crippen LogP contribution in [-0.4, -0.2) is 31.3 Å². The molecule has 0 unspecified atom stereocenters. The summed E-state index contributed by atoms with van der Waals surface area (Å²) >= 11 is 0. The number of aliphatic carboxylic acids is 1. The molecule has 33 heavy (non-hydrogen) atoms. The Kier molecular flexibility index (Phi) is 8.41. The van der Waals surface area contributed by atoms with Gasteiger partial charge < -0.3 is 24.1 Å². The second-order valence-corrected chi connectivity index (χ2v) is 6.79. The summed E-state index contributed by atoms with van der Waals surface area (Å²) in [4.78, 5) is 22.9. The molecule has 3 aromatic carbocycles. The Morgan fingerprint density at radius 1 is 0.909 bits per heavy atom. The number of para-hydroxylation sites is 1. The van der Waals surface area contributed by atoms with Crippen LogP contribution in [0.15, 0.2) is 77.9 Å². The van der Waals surface area contributed by atoms with E-state index in [1.54, 1.807) is 48.5 Å². The summed E-state index contributed by atoms with van der Waals surface area (Å²) in [6.07, 6.45) is 1.38. The van der Waals surface area contributed by atoms with E-state index in [-0.39, 0.29) is 0 Å². The summed E-state index contributed by atoms with van der Waals surface area (Å²) in [5.41, 5.74) is 4.28. The number of nitrogens with one attached hydrogen (secondary N) is 1. The maximum Gasteiger partial charge on any atom is 0.271 e. The van der Waals surface area contributed by atoms with Crippen molar-refractivity contribution in [2.24, 2.45) is 5.10 Å². The van der Waals surface area contributed by atoms with Crippen LogP contribution in [0.3, 0.4) is 0 Å². The zero-order valence-electron chi connectivity index (χ0n) is 18.0. The van der Waals surface area contributed by atoms with Crippen molar-refractivity contribution in [1.29, 1.82) is 0 Å². The van der Waals surface area contributed by atoms with Crippen molar-refractivity contribution in [2.75, 3.05) is 13.2 Å². The molecule has 8 nitrogen and oxygen atoms in total. The Morgan fingerprint density at radius 3 is 2.24 bits per heavy atom. The number of ether oxygens (including phenoxy) is 3. The van der Waals surface area contributed by atoms with Gasteiger partial charge in [0.05, 0.1) is 18.8 Å². The van der Waals surface area contributed by atoms with Crippen molar-refractivity contribution >= 4 is 18.1 Å². The lowest BCUT2D eigenvalue weighted by Gasteiger charge is -2.09. The number of nitrogens with zero attached hydrogens (tertiary/aromatic N) is 1. The number of carboxylic acid groups (broad SMARTS) is 1. The summed E-state index contributed by atoms with van der Waals surface area (Å²) in [5, 5.41) is 14.5. The number of hydrazone groups is 1. The zero-order chi connectivity index (χ0) is 23.5. The van der Waals surface area contributed by atoms with E-state index in [2.05, 4.69) is 10.5 Å². The molecule has 0 spiro atoms. The summed E-state index contributed by atoms with van der Waals surface area (Å²) in [5.74, 6) is 0.105. The van der Waals surface area contributed by atoms with Crippen molar-refractivity contribution in [3.05, 3.63) is 89.5 Å². The minimum Gasteiger partial charge on any atom is -0.546 e. The first kappa shape index (κ1) is 23.3. The second-order valence-electron chi connectivity index (χ2n) is 6.79. The van der Waals surface area contributed by atoms with E-state index >= 15 is 0 Å². The molecule has 8 heteroatoms. The summed E-state index contributed by atoms with van der Waals surface area (Å²) in [6.45, 7) is 2.32. The van der Waals surface area contributed by atoms with Gasteiger partial charge in [0.25, 0.3) is 5.91 Å². The van der Waals surface area contributed by atoms with Crippen LogP contribution in [-0.2, 0) is 11.4 Å². The summed E-state index contributed by atoms with van der Waals surface area (Å²) < 4.78 is 16.3. The molecule has 3 rings (SSSR count). The van der Waals surface area contributed by atoms with Crippen molar-refractivity contribution in [3.8, 4) is 17.2 Å². The Balaban J connectivity index is 1.51. The van der Waals surface area contributed by atoms with Crippen LogP contribution >= 0.6 is 0 Å². The number of benzene rings is 3. The molecule has 0 aliphatic rings. The fourth-order valence-corrected chi connectivity index (χ4v) is 2.80. The summed E-state index contributed by atoms with van der Waals surface area (Å²) in [6, 6.07) is 21.1. The van der Waals surface area contributed by atoms with Gasteiger partial charge in [0, 0.05) is 11.1 Å². The Bertz CT molecular complexity index is 1090. The van der Waals surface area contributed by atoms with E-state index < -0.39 is 18.5 Å². The highest BCUT2D eigenvalue weighted by atomic mass is 16.5. The third kappa shape index (κ3) is 7.39. The van der Waals surface area contributed by atoms with E-state index in [1.165, 1.54) is 6.21 Å². The standard InChI is InChI=1S/C25H24N2O6/c1-2-31-21-11-13-22(14-12-21)32-16-18-7-9-19(10-8-18)25(30)27-26-15-20-5-3-4-6-23(20)33-17-24(28)29/h3-15H,2,16-17H2,1H3,(H,27,30)(H,28,29)/p-1/b26-15-. The molecule has 0 saturated heterocycles. The number of amides is 1. The number of carboxylic acids is 1. The van der Waals surface area contributed by atoms with Gasteiger partial charge in [0.2, 0.25) is 0 Å². The average Bonchev–Trinajstić information content (AvgIpc) is 2.83. The van der Waals surface area contributed by atoms with Gasteiger partial charge in [-0.3, -0.25) is 4.79 Å². The first-order valence-corrected chi connectivity index (χ1v) is 10.2. The van der Waals surface area contributed by atoms with Gasteiger partial charge in [0.1, 0.15) is 30.5 Å². The van der Waals surface area contributed by atoms with Gasteiger partial charge in [-0.1, -0.05) is 24.3 Å². The van der Waals surface area contributed by atoms with E-state index in [0.717, 1.165) is 17.1 Å². The van der Waals surface area contributed by atoms with Crippen LogP contribution in [0.5, 0.6) is 17.2 Å². The molecule has 0 aliphatic heterocycles. The minimum atomic E-state index is -1.33. The number of hydrogen-bond acceptors (Lipinski definition) is 7. The monoisotopic (exact) mass is 447 g/mol. The first-order valence-electron chi connectivity index (χ1n) is 10.2. The van der Waals surface area contributed by atoms with E-state index in [4.69, 9.17) is 14.2 Å². The molecule has 0 aliphatic carbocycles. The van der Waals surface area contributed by atoms with E-state index in [9.17, 15) is 14.7 Å². The van der Waals surface area contributed by atoms with Crippen LogP contribution in [0.2, 0.25) is 0 Å². The van der Waals surface area contributed by atoms with Gasteiger partial charge in [0.15, 0.2) is 0 Å². The predicted molar refractivity (Wildman–Crippen MR) is 120 cm³/mol. The highest BCUT2D eigenvalue weighted by Gasteiger charge is 2.06. The molecule has 1 N–H and O–H groups in total. The van der Waals surface area contributed by atoms with Crippen molar-refractivity contribution < 1.29 is 28.9 Å². The molecule has 3 aromatic rings. The van der Waals surface area contributed by atoms with Crippen molar-refractivity contribution in [1.82, 2.24) is 5.43 Å². The van der Waals surface area contributed by atoms with Crippen LogP contribution in [0.25, 0.3) is 0 Å². The SMILES string of the molecule is CCOc1ccc(OCc2ccc(C(=O)N/N=C\c3ccccc3OCC(=O)[O-])cc2)cc1. The van der Waals surface area contributed by atoms with E-state index in [0.29, 0.717) is 30.1 Å². The van der Waals surface area contributed by atoms with Gasteiger partial charge >= 0.3 is 0 Å². The molecule has 0 aromatic heterocycles. The molecule has 1 amide bonds. The maximum atomic E-state index is 12.3. The predicted octanol–water partition coefficient (Wildman–Crippen LogP) is 2.56. The van der Waals surface area contributed by atoms with Crippen LogP contribution in [0, 0.1) is 0 Å². The summed E-state index contributed by atoms with van der Waals surface area (Å²) in [7, 11) is 0. The lowest BCUT2D eigenvalue weighted by atomic mass is 10.1. The quantitative estimate of drug-likeness (QED) is 0.357.